The van der Waals surface area contributed by atoms with Crippen molar-refractivity contribution in [2.45, 2.75) is 18.4 Å². The number of carbonyl (C=O) groups excluding carboxylic acids is 2. The highest BCUT2D eigenvalue weighted by molar-refractivity contribution is 6.07. The van der Waals surface area contributed by atoms with Gasteiger partial charge in [-0.05, 0) is 23.8 Å². The van der Waals surface area contributed by atoms with Gasteiger partial charge in [-0.3, -0.25) is 14.5 Å². The molecule has 2 heterocycles. The van der Waals surface area contributed by atoms with Crippen LogP contribution in [0.2, 0.25) is 0 Å². The molecule has 138 valence electrons. The van der Waals surface area contributed by atoms with Gasteiger partial charge in [0.15, 0.2) is 0 Å². The highest BCUT2D eigenvalue weighted by atomic mass is 16.5. The maximum atomic E-state index is 13.9. The lowest BCUT2D eigenvalue weighted by molar-refractivity contribution is -0.124. The van der Waals surface area contributed by atoms with Crippen molar-refractivity contribution < 1.29 is 14.3 Å². The van der Waals surface area contributed by atoms with Crippen LogP contribution >= 0.6 is 0 Å². The predicted molar refractivity (Wildman–Crippen MR) is 105 cm³/mol. The summed E-state index contributed by atoms with van der Waals surface area (Å²) in [6.45, 7) is 0. The van der Waals surface area contributed by atoms with E-state index in [9.17, 15) is 9.59 Å². The van der Waals surface area contributed by atoms with Crippen molar-refractivity contribution in [1.29, 1.82) is 0 Å². The Bertz CT molecular complexity index is 1060. The Kier molecular flexibility index (Phi) is 3.69. The van der Waals surface area contributed by atoms with E-state index < -0.39 is 17.9 Å². The molecule has 0 bridgehead atoms. The molecule has 5 nitrogen and oxygen atoms in total. The zero-order valence-electron chi connectivity index (χ0n) is 15.0. The molecule has 28 heavy (non-hydrogen) atoms. The zero-order chi connectivity index (χ0) is 19.3. The van der Waals surface area contributed by atoms with Gasteiger partial charge < -0.3 is 10.5 Å². The summed E-state index contributed by atoms with van der Waals surface area (Å²) in [5.74, 6) is 0.0783. The van der Waals surface area contributed by atoms with E-state index in [1.54, 1.807) is 4.90 Å². The molecule has 3 aromatic rings. The summed E-state index contributed by atoms with van der Waals surface area (Å²) in [5, 5.41) is 0. The molecule has 2 aliphatic rings. The van der Waals surface area contributed by atoms with Gasteiger partial charge in [0.1, 0.15) is 17.5 Å². The fourth-order valence-corrected chi connectivity index (χ4v) is 4.20. The number of hydrogen-bond acceptors (Lipinski definition) is 3. The molecule has 3 aromatic carbocycles. The van der Waals surface area contributed by atoms with Gasteiger partial charge in [-0.2, -0.15) is 0 Å². The molecular weight excluding hydrogens is 352 g/mol. The van der Waals surface area contributed by atoms with Crippen molar-refractivity contribution in [3.05, 3.63) is 89.5 Å². The third-order valence-electron chi connectivity index (χ3n) is 5.47. The van der Waals surface area contributed by atoms with E-state index in [1.165, 1.54) is 0 Å². The van der Waals surface area contributed by atoms with Gasteiger partial charge in [-0.25, -0.2) is 0 Å². The molecule has 5 rings (SSSR count). The maximum Gasteiger partial charge on any atom is 0.240 e. The summed E-state index contributed by atoms with van der Waals surface area (Å²) in [6.07, 6.45) is 0.434. The Balaban J connectivity index is 1.67. The minimum absolute atomic E-state index is 0.169. The molecule has 0 aliphatic carbocycles. The molecular formula is C23H18N2O3. The van der Waals surface area contributed by atoms with E-state index in [0.717, 1.165) is 22.4 Å². The lowest BCUT2D eigenvalue weighted by Gasteiger charge is -2.32. The van der Waals surface area contributed by atoms with Crippen molar-refractivity contribution >= 4 is 17.5 Å². The number of para-hydroxylation sites is 3. The first kappa shape index (κ1) is 16.6. The smallest absolute Gasteiger partial charge is 0.240 e. The van der Waals surface area contributed by atoms with Crippen LogP contribution in [-0.2, 0) is 16.0 Å². The number of nitrogens with zero attached hydrogens (tertiary/aromatic N) is 1. The van der Waals surface area contributed by atoms with Crippen LogP contribution < -0.4 is 15.4 Å². The molecule has 2 amide bonds. The Morgan fingerprint density at radius 3 is 2.07 bits per heavy atom. The number of amides is 2. The molecule has 0 saturated heterocycles. The lowest BCUT2D eigenvalue weighted by Crippen LogP contribution is -2.48. The van der Waals surface area contributed by atoms with Crippen LogP contribution in [0.4, 0.5) is 5.69 Å². The fraction of sp³-hybridized carbons (Fsp3) is 0.130. The van der Waals surface area contributed by atoms with Gasteiger partial charge in [0, 0.05) is 23.2 Å². The number of hydrogen-bond donors (Lipinski definition) is 1. The lowest BCUT2D eigenvalue weighted by atomic mass is 9.86. The normalized spacial score (nSPS) is 17.3. The summed E-state index contributed by atoms with van der Waals surface area (Å²) in [7, 11) is 0. The molecule has 2 aliphatic heterocycles. The van der Waals surface area contributed by atoms with E-state index in [1.807, 2.05) is 72.8 Å². The van der Waals surface area contributed by atoms with Gasteiger partial charge in [0.05, 0.1) is 5.92 Å². The number of ether oxygens (including phenoxy) is 1. The van der Waals surface area contributed by atoms with Gasteiger partial charge >= 0.3 is 0 Å². The van der Waals surface area contributed by atoms with Crippen LogP contribution in [-0.4, -0.2) is 17.9 Å². The second-order valence-corrected chi connectivity index (χ2v) is 7.07. The van der Waals surface area contributed by atoms with Crippen LogP contribution in [0.3, 0.4) is 0 Å². The van der Waals surface area contributed by atoms with Crippen molar-refractivity contribution in [1.82, 2.24) is 0 Å². The quantitative estimate of drug-likeness (QED) is 0.752. The first-order valence-corrected chi connectivity index (χ1v) is 9.21. The SMILES string of the molecule is NC(=O)C1Cc2ccccc2N1C(=O)C1c2ccccc2Oc2ccccc21. The average molecular weight is 370 g/mol. The molecule has 1 atom stereocenters. The third-order valence-corrected chi connectivity index (χ3v) is 5.47. The summed E-state index contributed by atoms with van der Waals surface area (Å²) in [5.41, 5.74) is 8.95. The summed E-state index contributed by atoms with van der Waals surface area (Å²) < 4.78 is 6.00. The van der Waals surface area contributed by atoms with Gasteiger partial charge in [0.2, 0.25) is 11.8 Å². The molecule has 5 heteroatoms. The maximum absolute atomic E-state index is 13.9. The topological polar surface area (TPSA) is 72.6 Å². The highest BCUT2D eigenvalue weighted by Crippen LogP contribution is 2.46. The van der Waals surface area contributed by atoms with Crippen LogP contribution in [0, 0.1) is 0 Å². The van der Waals surface area contributed by atoms with Gasteiger partial charge in [-0.1, -0.05) is 54.6 Å². The minimum Gasteiger partial charge on any atom is -0.457 e. The Morgan fingerprint density at radius 1 is 0.857 bits per heavy atom. The molecule has 0 saturated carbocycles. The molecule has 0 fully saturated rings. The minimum atomic E-state index is -0.688. The van der Waals surface area contributed by atoms with Crippen LogP contribution in [0.1, 0.15) is 22.6 Å². The summed E-state index contributed by atoms with van der Waals surface area (Å²) >= 11 is 0. The van der Waals surface area contributed by atoms with E-state index in [-0.39, 0.29) is 5.91 Å². The monoisotopic (exact) mass is 370 g/mol. The highest BCUT2D eigenvalue weighted by Gasteiger charge is 2.43. The Morgan fingerprint density at radius 2 is 1.43 bits per heavy atom. The standard InChI is InChI=1S/C23H18N2O3/c24-22(26)18-13-14-7-1-4-10-17(14)25(18)23(27)21-15-8-2-5-11-19(15)28-20-12-6-3-9-16(20)21/h1-12,18,21H,13H2,(H2,24,26). The molecule has 0 radical (unpaired) electrons. The first-order valence-electron chi connectivity index (χ1n) is 9.21. The third kappa shape index (κ3) is 2.40. The number of fused-ring (bicyclic) bond motifs is 3. The number of primary amides is 1. The molecule has 0 spiro atoms. The van der Waals surface area contributed by atoms with E-state index >= 15 is 0 Å². The largest absolute Gasteiger partial charge is 0.457 e. The summed E-state index contributed by atoms with van der Waals surface area (Å²) in [4.78, 5) is 27.6. The first-order chi connectivity index (χ1) is 13.6. The Hall–Kier alpha value is -3.60. The number of carbonyl (C=O) groups is 2. The zero-order valence-corrected chi connectivity index (χ0v) is 15.0. The van der Waals surface area contributed by atoms with E-state index in [4.69, 9.17) is 10.5 Å². The van der Waals surface area contributed by atoms with Crippen molar-refractivity contribution in [2.24, 2.45) is 5.73 Å². The van der Waals surface area contributed by atoms with Crippen LogP contribution in [0.25, 0.3) is 0 Å². The summed E-state index contributed by atoms with van der Waals surface area (Å²) in [6, 6.07) is 21.9. The average Bonchev–Trinajstić information content (AvgIpc) is 3.11. The number of nitrogens with two attached hydrogens (primary N) is 1. The number of anilines is 1. The molecule has 1 unspecified atom stereocenters. The van der Waals surface area contributed by atoms with Crippen molar-refractivity contribution in [2.75, 3.05) is 4.90 Å². The van der Waals surface area contributed by atoms with Crippen molar-refractivity contribution in [3.63, 3.8) is 0 Å². The van der Waals surface area contributed by atoms with E-state index in [0.29, 0.717) is 17.9 Å². The number of rotatable bonds is 2. The molecule has 0 aromatic heterocycles. The van der Waals surface area contributed by atoms with Crippen molar-refractivity contribution in [3.8, 4) is 11.5 Å². The predicted octanol–water partition coefficient (Wildman–Crippen LogP) is 3.37. The fourth-order valence-electron chi connectivity index (χ4n) is 4.20. The van der Waals surface area contributed by atoms with Crippen LogP contribution in [0.15, 0.2) is 72.8 Å². The van der Waals surface area contributed by atoms with E-state index in [2.05, 4.69) is 0 Å². The Labute approximate surface area is 162 Å². The second-order valence-electron chi connectivity index (χ2n) is 7.07. The van der Waals surface area contributed by atoms with Gasteiger partial charge in [-0.15, -0.1) is 0 Å². The van der Waals surface area contributed by atoms with Crippen LogP contribution in [0.5, 0.6) is 11.5 Å². The molecule has 2 N–H and O–H groups in total. The number of benzene rings is 3. The van der Waals surface area contributed by atoms with Gasteiger partial charge in [0.25, 0.3) is 0 Å². The second kappa shape index (κ2) is 6.23.